The Hall–Kier alpha value is -1.05. The van der Waals surface area contributed by atoms with Crippen LogP contribution in [0, 0.1) is 5.92 Å². The van der Waals surface area contributed by atoms with Gasteiger partial charge in [0.2, 0.25) is 0 Å². The molecule has 1 unspecified atom stereocenters. The topological polar surface area (TPSA) is 32.9 Å². The van der Waals surface area contributed by atoms with Crippen LogP contribution in [0.5, 0.6) is 0 Å². The van der Waals surface area contributed by atoms with Crippen molar-refractivity contribution in [2.75, 3.05) is 0 Å². The summed E-state index contributed by atoms with van der Waals surface area (Å²) in [7, 11) is 0. The first kappa shape index (κ1) is 11.0. The molecule has 1 N–H and O–H groups in total. The quantitative estimate of drug-likeness (QED) is 0.690. The molecule has 1 aromatic rings. The minimum atomic E-state index is 0.202. The van der Waals surface area contributed by atoms with Gasteiger partial charge < -0.3 is 4.98 Å². The third-order valence-corrected chi connectivity index (χ3v) is 2.63. The van der Waals surface area contributed by atoms with Crippen molar-refractivity contribution in [3.63, 3.8) is 0 Å². The molecule has 0 aromatic carbocycles. The number of aromatic amines is 1. The predicted octanol–water partition coefficient (Wildman–Crippen LogP) is 3.41. The molecule has 1 aromatic heterocycles. The fraction of sp³-hybridized carbons (Fsp3) is 0.583. The molecule has 2 nitrogen and oxygen atoms in total. The van der Waals surface area contributed by atoms with Crippen molar-refractivity contribution in [1.29, 1.82) is 0 Å². The molecule has 0 aliphatic rings. The number of carbonyl (C=O) groups is 1. The second kappa shape index (κ2) is 5.63. The molecule has 0 amide bonds. The van der Waals surface area contributed by atoms with Crippen molar-refractivity contribution in [3.05, 3.63) is 24.0 Å². The van der Waals surface area contributed by atoms with Gasteiger partial charge in [0.15, 0.2) is 5.78 Å². The van der Waals surface area contributed by atoms with E-state index in [-0.39, 0.29) is 11.7 Å². The molecule has 0 bridgehead atoms. The van der Waals surface area contributed by atoms with Crippen LogP contribution < -0.4 is 0 Å². The van der Waals surface area contributed by atoms with Crippen LogP contribution in [0.25, 0.3) is 0 Å². The van der Waals surface area contributed by atoms with Gasteiger partial charge in [-0.25, -0.2) is 0 Å². The Balaban J connectivity index is 2.56. The molecular weight excluding hydrogens is 174 g/mol. The van der Waals surface area contributed by atoms with Gasteiger partial charge in [0, 0.05) is 12.1 Å². The first-order chi connectivity index (χ1) is 6.79. The average Bonchev–Trinajstić information content (AvgIpc) is 2.71. The van der Waals surface area contributed by atoms with E-state index >= 15 is 0 Å². The Morgan fingerprint density at radius 1 is 1.50 bits per heavy atom. The summed E-state index contributed by atoms with van der Waals surface area (Å²) in [5, 5.41) is 0. The van der Waals surface area contributed by atoms with Crippen LogP contribution in [0.15, 0.2) is 18.3 Å². The normalized spacial score (nSPS) is 12.7. The summed E-state index contributed by atoms with van der Waals surface area (Å²) in [4.78, 5) is 14.9. The molecule has 0 aliphatic carbocycles. The summed E-state index contributed by atoms with van der Waals surface area (Å²) in [6.45, 7) is 4.24. The SMILES string of the molecule is CCCCC(CC)C(=O)c1ccc[nH]1. The van der Waals surface area contributed by atoms with Crippen LogP contribution in [0.2, 0.25) is 0 Å². The zero-order valence-electron chi connectivity index (χ0n) is 9.05. The number of hydrogen-bond donors (Lipinski definition) is 1. The Bertz CT molecular complexity index is 264. The highest BCUT2D eigenvalue weighted by atomic mass is 16.1. The lowest BCUT2D eigenvalue weighted by Gasteiger charge is -2.11. The summed E-state index contributed by atoms with van der Waals surface area (Å²) >= 11 is 0. The molecule has 0 radical (unpaired) electrons. The second-order valence-corrected chi connectivity index (χ2v) is 3.70. The third-order valence-electron chi connectivity index (χ3n) is 2.63. The molecule has 0 fully saturated rings. The van der Waals surface area contributed by atoms with Crippen molar-refractivity contribution in [1.82, 2.24) is 4.98 Å². The van der Waals surface area contributed by atoms with Crippen LogP contribution in [0.1, 0.15) is 50.0 Å². The molecule has 14 heavy (non-hydrogen) atoms. The van der Waals surface area contributed by atoms with E-state index in [0.29, 0.717) is 0 Å². The summed E-state index contributed by atoms with van der Waals surface area (Å²) in [5.74, 6) is 0.472. The maximum absolute atomic E-state index is 11.9. The first-order valence-electron chi connectivity index (χ1n) is 5.47. The number of hydrogen-bond acceptors (Lipinski definition) is 1. The van der Waals surface area contributed by atoms with E-state index in [0.717, 1.165) is 31.4 Å². The molecule has 1 atom stereocenters. The molecule has 78 valence electrons. The van der Waals surface area contributed by atoms with E-state index in [1.54, 1.807) is 6.20 Å². The number of unbranched alkanes of at least 4 members (excludes halogenated alkanes) is 1. The fourth-order valence-electron chi connectivity index (χ4n) is 1.67. The minimum Gasteiger partial charge on any atom is -0.359 e. The molecule has 1 heterocycles. The van der Waals surface area contributed by atoms with E-state index in [9.17, 15) is 4.79 Å². The summed E-state index contributed by atoms with van der Waals surface area (Å²) < 4.78 is 0. The van der Waals surface area contributed by atoms with Gasteiger partial charge >= 0.3 is 0 Å². The highest BCUT2D eigenvalue weighted by molar-refractivity contribution is 5.96. The number of nitrogens with one attached hydrogen (secondary N) is 1. The first-order valence-corrected chi connectivity index (χ1v) is 5.47. The van der Waals surface area contributed by atoms with Gasteiger partial charge in [-0.2, -0.15) is 0 Å². The van der Waals surface area contributed by atoms with E-state index in [1.807, 2.05) is 12.1 Å². The van der Waals surface area contributed by atoms with Crippen molar-refractivity contribution in [2.24, 2.45) is 5.92 Å². The van der Waals surface area contributed by atoms with Gasteiger partial charge in [-0.15, -0.1) is 0 Å². The Morgan fingerprint density at radius 2 is 2.29 bits per heavy atom. The number of H-pyrrole nitrogens is 1. The van der Waals surface area contributed by atoms with Gasteiger partial charge in [-0.3, -0.25) is 4.79 Å². The average molecular weight is 193 g/mol. The predicted molar refractivity (Wildman–Crippen MR) is 58.4 cm³/mol. The molecule has 0 spiro atoms. The highest BCUT2D eigenvalue weighted by Gasteiger charge is 2.17. The Labute approximate surface area is 85.7 Å². The monoisotopic (exact) mass is 193 g/mol. The lowest BCUT2D eigenvalue weighted by atomic mass is 9.93. The largest absolute Gasteiger partial charge is 0.359 e. The smallest absolute Gasteiger partial charge is 0.182 e. The second-order valence-electron chi connectivity index (χ2n) is 3.70. The van der Waals surface area contributed by atoms with E-state index in [1.165, 1.54) is 0 Å². The van der Waals surface area contributed by atoms with Crippen LogP contribution in [0.3, 0.4) is 0 Å². The van der Waals surface area contributed by atoms with E-state index < -0.39 is 0 Å². The van der Waals surface area contributed by atoms with Gasteiger partial charge in [0.25, 0.3) is 0 Å². The van der Waals surface area contributed by atoms with Crippen molar-refractivity contribution >= 4 is 5.78 Å². The Morgan fingerprint density at radius 3 is 2.79 bits per heavy atom. The molecule has 2 heteroatoms. The third kappa shape index (κ3) is 2.72. The fourth-order valence-corrected chi connectivity index (χ4v) is 1.67. The lowest BCUT2D eigenvalue weighted by Crippen LogP contribution is -2.14. The van der Waals surface area contributed by atoms with Crippen molar-refractivity contribution in [3.8, 4) is 0 Å². The molecule has 0 aliphatic heterocycles. The highest BCUT2D eigenvalue weighted by Crippen LogP contribution is 2.17. The minimum absolute atomic E-state index is 0.202. The molecule has 1 rings (SSSR count). The van der Waals surface area contributed by atoms with E-state index in [4.69, 9.17) is 0 Å². The van der Waals surface area contributed by atoms with Crippen LogP contribution in [-0.4, -0.2) is 10.8 Å². The molecular formula is C12H19NO. The molecule has 0 saturated carbocycles. The Kier molecular flexibility index (Phi) is 4.44. The number of rotatable bonds is 6. The summed E-state index contributed by atoms with van der Waals surface area (Å²) in [6.07, 6.45) is 6.07. The van der Waals surface area contributed by atoms with Crippen molar-refractivity contribution in [2.45, 2.75) is 39.5 Å². The number of aromatic nitrogens is 1. The standard InChI is InChI=1S/C12H19NO/c1-3-5-7-10(4-2)12(14)11-8-6-9-13-11/h6,8-10,13H,3-5,7H2,1-2H3. The number of ketones is 1. The van der Waals surface area contributed by atoms with Crippen LogP contribution >= 0.6 is 0 Å². The number of carbonyl (C=O) groups excluding carboxylic acids is 1. The number of Topliss-reactive ketones (excluding diaryl/α,β-unsaturated/α-hetero) is 1. The lowest BCUT2D eigenvalue weighted by molar-refractivity contribution is 0.0903. The maximum atomic E-state index is 11.9. The van der Waals surface area contributed by atoms with Crippen LogP contribution in [-0.2, 0) is 0 Å². The van der Waals surface area contributed by atoms with E-state index in [2.05, 4.69) is 18.8 Å². The van der Waals surface area contributed by atoms with Gasteiger partial charge in [0.05, 0.1) is 5.69 Å². The van der Waals surface area contributed by atoms with Gasteiger partial charge in [0.1, 0.15) is 0 Å². The van der Waals surface area contributed by atoms with Gasteiger partial charge in [-0.05, 0) is 25.0 Å². The zero-order chi connectivity index (χ0) is 10.4. The van der Waals surface area contributed by atoms with Gasteiger partial charge in [-0.1, -0.05) is 26.7 Å². The summed E-state index contributed by atoms with van der Waals surface area (Å²) in [5.41, 5.74) is 0.757. The van der Waals surface area contributed by atoms with Crippen molar-refractivity contribution < 1.29 is 4.79 Å². The van der Waals surface area contributed by atoms with Crippen LogP contribution in [0.4, 0.5) is 0 Å². The summed E-state index contributed by atoms with van der Waals surface area (Å²) in [6, 6.07) is 3.73. The maximum Gasteiger partial charge on any atom is 0.182 e. The zero-order valence-corrected chi connectivity index (χ0v) is 9.05. The molecule has 0 saturated heterocycles.